The molecule has 0 heterocycles. The summed E-state index contributed by atoms with van der Waals surface area (Å²) in [5.74, 6) is -1.46. The van der Waals surface area contributed by atoms with Crippen LogP contribution in [0.5, 0.6) is 0 Å². The molecule has 0 nitrogen and oxygen atoms in total. The Morgan fingerprint density at radius 3 is 1.57 bits per heavy atom. The highest BCUT2D eigenvalue weighted by Crippen LogP contribution is 2.27. The van der Waals surface area contributed by atoms with Crippen LogP contribution in [0.15, 0.2) is 60.7 Å². The van der Waals surface area contributed by atoms with E-state index in [1.807, 2.05) is 31.2 Å². The first-order chi connectivity index (χ1) is 13.6. The van der Waals surface area contributed by atoms with Gasteiger partial charge < -0.3 is 0 Å². The largest absolute Gasteiger partial charge is 0.203 e. The summed E-state index contributed by atoms with van der Waals surface area (Å²) in [4.78, 5) is 0. The van der Waals surface area contributed by atoms with Crippen molar-refractivity contribution >= 4 is 0 Å². The van der Waals surface area contributed by atoms with Crippen LogP contribution in [0.3, 0.4) is 0 Å². The van der Waals surface area contributed by atoms with Gasteiger partial charge in [0.2, 0.25) is 0 Å². The van der Waals surface area contributed by atoms with Gasteiger partial charge in [-0.3, -0.25) is 0 Å². The summed E-state index contributed by atoms with van der Waals surface area (Å²) in [6, 6.07) is 20.0. The van der Waals surface area contributed by atoms with Crippen molar-refractivity contribution in [2.24, 2.45) is 0 Å². The standard InChI is InChI=1S/C26H28F2/c1-3-5-19-7-9-20(10-8-19)11-12-21-13-15-22(16-14-21)24-18-17-23(6-4-2)25(27)26(24)28/h7-10,13-18H,3-6,11-12H2,1-2H3. The van der Waals surface area contributed by atoms with Crippen molar-refractivity contribution in [2.45, 2.75) is 52.4 Å². The molecular weight excluding hydrogens is 350 g/mol. The number of aryl methyl sites for hydroxylation is 4. The zero-order chi connectivity index (χ0) is 19.9. The van der Waals surface area contributed by atoms with E-state index in [1.54, 1.807) is 12.1 Å². The van der Waals surface area contributed by atoms with Gasteiger partial charge in [-0.15, -0.1) is 0 Å². The monoisotopic (exact) mass is 378 g/mol. The minimum absolute atomic E-state index is 0.329. The fraction of sp³-hybridized carbons (Fsp3) is 0.308. The van der Waals surface area contributed by atoms with Crippen LogP contribution in [0.1, 0.15) is 48.9 Å². The van der Waals surface area contributed by atoms with Crippen molar-refractivity contribution in [1.29, 1.82) is 0 Å². The molecule has 0 saturated carbocycles. The highest BCUT2D eigenvalue weighted by atomic mass is 19.2. The van der Waals surface area contributed by atoms with Crippen molar-refractivity contribution in [2.75, 3.05) is 0 Å². The third-order valence-electron chi connectivity index (χ3n) is 5.21. The zero-order valence-corrected chi connectivity index (χ0v) is 16.8. The van der Waals surface area contributed by atoms with E-state index >= 15 is 0 Å². The first kappa shape index (κ1) is 20.3. The van der Waals surface area contributed by atoms with Gasteiger partial charge in [0.15, 0.2) is 11.6 Å². The molecule has 2 heteroatoms. The molecule has 0 saturated heterocycles. The Bertz CT molecular complexity index is 893. The average molecular weight is 379 g/mol. The molecule has 0 fully saturated rings. The SMILES string of the molecule is CCCc1ccc(CCc2ccc(-c3ccc(CCC)c(F)c3F)cc2)cc1. The molecule has 3 aromatic rings. The molecule has 0 amide bonds. The van der Waals surface area contributed by atoms with Crippen LogP contribution in [0, 0.1) is 11.6 Å². The second-order valence-electron chi connectivity index (χ2n) is 7.41. The van der Waals surface area contributed by atoms with Gasteiger partial charge in [0.05, 0.1) is 0 Å². The molecule has 0 bridgehead atoms. The molecule has 0 radical (unpaired) electrons. The van der Waals surface area contributed by atoms with E-state index in [1.165, 1.54) is 16.7 Å². The van der Waals surface area contributed by atoms with Crippen molar-refractivity contribution in [1.82, 2.24) is 0 Å². The molecule has 0 aliphatic heterocycles. The van der Waals surface area contributed by atoms with E-state index in [-0.39, 0.29) is 0 Å². The molecule has 3 rings (SSSR count). The maximum Gasteiger partial charge on any atom is 0.166 e. The van der Waals surface area contributed by atoms with Crippen molar-refractivity contribution in [3.05, 3.63) is 94.6 Å². The van der Waals surface area contributed by atoms with Crippen molar-refractivity contribution in [3.63, 3.8) is 0 Å². The summed E-state index contributed by atoms with van der Waals surface area (Å²) < 4.78 is 28.7. The quantitative estimate of drug-likeness (QED) is 0.385. The molecule has 0 atom stereocenters. The highest BCUT2D eigenvalue weighted by molar-refractivity contribution is 5.65. The second-order valence-corrected chi connectivity index (χ2v) is 7.41. The number of halogens is 2. The minimum Gasteiger partial charge on any atom is -0.203 e. The van der Waals surface area contributed by atoms with Crippen LogP contribution < -0.4 is 0 Å². The van der Waals surface area contributed by atoms with E-state index < -0.39 is 11.6 Å². The van der Waals surface area contributed by atoms with Crippen molar-refractivity contribution in [3.8, 4) is 11.1 Å². The maximum atomic E-state index is 14.5. The molecule has 0 aromatic heterocycles. The molecule has 146 valence electrons. The third kappa shape index (κ3) is 4.86. The van der Waals surface area contributed by atoms with E-state index in [0.29, 0.717) is 23.1 Å². The van der Waals surface area contributed by atoms with Gasteiger partial charge in [0, 0.05) is 5.56 Å². The van der Waals surface area contributed by atoms with E-state index in [4.69, 9.17) is 0 Å². The van der Waals surface area contributed by atoms with Crippen LogP contribution in [0.25, 0.3) is 11.1 Å². The molecule has 3 aromatic carbocycles. The average Bonchev–Trinajstić information content (AvgIpc) is 2.72. The molecule has 28 heavy (non-hydrogen) atoms. The van der Waals surface area contributed by atoms with Gasteiger partial charge >= 0.3 is 0 Å². The van der Waals surface area contributed by atoms with Crippen molar-refractivity contribution < 1.29 is 8.78 Å². The van der Waals surface area contributed by atoms with Gasteiger partial charge in [-0.1, -0.05) is 87.4 Å². The van der Waals surface area contributed by atoms with Crippen LogP contribution in [-0.2, 0) is 25.7 Å². The maximum absolute atomic E-state index is 14.5. The fourth-order valence-electron chi connectivity index (χ4n) is 3.58. The normalized spacial score (nSPS) is 11.0. The predicted octanol–water partition coefficient (Wildman–Crippen LogP) is 7.32. The molecule has 0 aliphatic carbocycles. The predicted molar refractivity (Wildman–Crippen MR) is 114 cm³/mol. The number of rotatable bonds is 8. The zero-order valence-electron chi connectivity index (χ0n) is 16.8. The lowest BCUT2D eigenvalue weighted by Gasteiger charge is -2.09. The molecule has 0 spiro atoms. The van der Waals surface area contributed by atoms with Crippen LogP contribution in [0.2, 0.25) is 0 Å². The number of benzene rings is 3. The Kier molecular flexibility index (Phi) is 6.97. The Balaban J connectivity index is 1.67. The first-order valence-electron chi connectivity index (χ1n) is 10.3. The summed E-state index contributed by atoms with van der Waals surface area (Å²) in [5, 5.41) is 0. The number of hydrogen-bond donors (Lipinski definition) is 0. The first-order valence-corrected chi connectivity index (χ1v) is 10.3. The number of hydrogen-bond acceptors (Lipinski definition) is 0. The van der Waals surface area contributed by atoms with Gasteiger partial charge in [0.1, 0.15) is 0 Å². The minimum atomic E-state index is -0.745. The summed E-state index contributed by atoms with van der Waals surface area (Å²) >= 11 is 0. The Hall–Kier alpha value is -2.48. The molecule has 0 aliphatic rings. The van der Waals surface area contributed by atoms with Gasteiger partial charge in [0.25, 0.3) is 0 Å². The lowest BCUT2D eigenvalue weighted by Crippen LogP contribution is -1.97. The van der Waals surface area contributed by atoms with E-state index in [0.717, 1.165) is 32.1 Å². The third-order valence-corrected chi connectivity index (χ3v) is 5.21. The Labute approximate surface area is 167 Å². The van der Waals surface area contributed by atoms with Gasteiger partial charge in [-0.25, -0.2) is 8.78 Å². The van der Waals surface area contributed by atoms with Gasteiger partial charge in [-0.2, -0.15) is 0 Å². The summed E-state index contributed by atoms with van der Waals surface area (Å²) in [5.41, 5.74) is 5.40. The topological polar surface area (TPSA) is 0 Å². The highest BCUT2D eigenvalue weighted by Gasteiger charge is 2.14. The Morgan fingerprint density at radius 2 is 1.04 bits per heavy atom. The summed E-state index contributed by atoms with van der Waals surface area (Å²) in [7, 11) is 0. The lowest BCUT2D eigenvalue weighted by molar-refractivity contribution is 0.500. The van der Waals surface area contributed by atoms with Gasteiger partial charge in [-0.05, 0) is 53.5 Å². The Morgan fingerprint density at radius 1 is 0.536 bits per heavy atom. The van der Waals surface area contributed by atoms with E-state index in [2.05, 4.69) is 31.2 Å². The smallest absolute Gasteiger partial charge is 0.166 e. The second kappa shape index (κ2) is 9.64. The van der Waals surface area contributed by atoms with Crippen LogP contribution in [-0.4, -0.2) is 0 Å². The molecule has 0 unspecified atom stereocenters. The summed E-state index contributed by atoms with van der Waals surface area (Å²) in [6.07, 6.45) is 5.54. The molecular formula is C26H28F2. The molecule has 0 N–H and O–H groups in total. The summed E-state index contributed by atoms with van der Waals surface area (Å²) in [6.45, 7) is 4.15. The fourth-order valence-corrected chi connectivity index (χ4v) is 3.58. The lowest BCUT2D eigenvalue weighted by atomic mass is 9.98. The van der Waals surface area contributed by atoms with Crippen LogP contribution in [0.4, 0.5) is 8.78 Å². The van der Waals surface area contributed by atoms with Crippen LogP contribution >= 0.6 is 0 Å². The van der Waals surface area contributed by atoms with E-state index in [9.17, 15) is 8.78 Å².